The van der Waals surface area contributed by atoms with Gasteiger partial charge in [0.25, 0.3) is 0 Å². The molecule has 0 saturated carbocycles. The van der Waals surface area contributed by atoms with Crippen molar-refractivity contribution in [1.29, 1.82) is 0 Å². The Hall–Kier alpha value is -6.21. The van der Waals surface area contributed by atoms with Crippen molar-refractivity contribution in [3.63, 3.8) is 0 Å². The molecule has 0 spiro atoms. The summed E-state index contributed by atoms with van der Waals surface area (Å²) >= 11 is 0. The average molecular weight is 582 g/mol. The van der Waals surface area contributed by atoms with Crippen LogP contribution in [0.3, 0.4) is 0 Å². The average Bonchev–Trinajstić information content (AvgIpc) is 3.63. The van der Waals surface area contributed by atoms with Gasteiger partial charge in [0, 0.05) is 65.4 Å². The quantitative estimate of drug-likeness (QED) is 0.184. The lowest BCUT2D eigenvalue weighted by molar-refractivity contribution is 1.08. The van der Waals surface area contributed by atoms with Crippen molar-refractivity contribution in [3.05, 3.63) is 152 Å². The summed E-state index contributed by atoms with van der Waals surface area (Å²) in [6.45, 7) is 2.05. The van der Waals surface area contributed by atoms with Gasteiger partial charge in [0.15, 0.2) is 0 Å². The van der Waals surface area contributed by atoms with Crippen LogP contribution in [0.25, 0.3) is 67.0 Å². The minimum absolute atomic E-state index is 0.822. The van der Waals surface area contributed by atoms with Gasteiger partial charge in [-0.3, -0.25) is 24.1 Å². The molecule has 7 nitrogen and oxygen atoms in total. The minimum Gasteiger partial charge on any atom is -0.293 e. The number of fused-ring (bicyclic) bond motifs is 7. The molecule has 0 atom stereocenters. The highest BCUT2D eigenvalue weighted by Gasteiger charge is 2.23. The van der Waals surface area contributed by atoms with Crippen molar-refractivity contribution in [2.24, 2.45) is 0 Å². The van der Waals surface area contributed by atoms with E-state index in [-0.39, 0.29) is 0 Å². The topological polar surface area (TPSA) is 74.3 Å². The number of allylic oxidation sites excluding steroid dienone is 5. The highest BCUT2D eigenvalue weighted by atomic mass is 15.1. The van der Waals surface area contributed by atoms with E-state index in [4.69, 9.17) is 15.0 Å². The number of hydrogen-bond donors (Lipinski definition) is 0. The van der Waals surface area contributed by atoms with E-state index in [1.165, 1.54) is 0 Å². The summed E-state index contributed by atoms with van der Waals surface area (Å²) in [6.07, 6.45) is 21.4. The van der Waals surface area contributed by atoms with Crippen LogP contribution in [-0.4, -0.2) is 34.1 Å². The molecular formula is C38H27N7. The number of hydrogen-bond acceptors (Lipinski definition) is 5. The van der Waals surface area contributed by atoms with E-state index in [0.717, 1.165) is 72.1 Å². The number of aromatic nitrogens is 7. The first-order valence-corrected chi connectivity index (χ1v) is 14.8. The second-order valence-corrected chi connectivity index (χ2v) is 10.6. The maximum Gasteiger partial charge on any atom is 0.149 e. The molecule has 7 heteroatoms. The number of pyridine rings is 5. The van der Waals surface area contributed by atoms with Crippen LogP contribution in [0.4, 0.5) is 0 Å². The molecule has 0 aliphatic carbocycles. The molecule has 0 fully saturated rings. The fourth-order valence-electron chi connectivity index (χ4n) is 6.05. The second-order valence-electron chi connectivity index (χ2n) is 10.6. The predicted molar refractivity (Wildman–Crippen MR) is 183 cm³/mol. The molecular weight excluding hydrogens is 554 g/mol. The smallest absolute Gasteiger partial charge is 0.149 e. The van der Waals surface area contributed by atoms with Gasteiger partial charge < -0.3 is 0 Å². The van der Waals surface area contributed by atoms with Gasteiger partial charge in [0.2, 0.25) is 0 Å². The number of benzene rings is 1. The normalized spacial score (nSPS) is 12.7. The van der Waals surface area contributed by atoms with E-state index in [1.807, 2.05) is 73.4 Å². The van der Waals surface area contributed by atoms with Crippen LogP contribution in [0.5, 0.6) is 0 Å². The van der Waals surface area contributed by atoms with Crippen molar-refractivity contribution < 1.29 is 0 Å². The standard InChI is InChI=1S/C38H27N7/c1-2-29(22-27(28-11-8-19-40-24-28)17-16-26-10-7-18-39-23-26)44-33-14-9-21-42-36(33)35-37-31(25-43-38(35)44)30-12-3-4-13-32(30)45(37)34-15-5-6-20-41-34/h2-25H,1H3/b17-16+,27-22+,29-2+. The van der Waals surface area contributed by atoms with Crippen LogP contribution >= 0.6 is 0 Å². The summed E-state index contributed by atoms with van der Waals surface area (Å²) in [6, 6.07) is 26.5. The molecule has 8 aromatic rings. The molecule has 0 aliphatic heterocycles. The van der Waals surface area contributed by atoms with E-state index in [9.17, 15) is 0 Å². The van der Waals surface area contributed by atoms with E-state index in [2.05, 4.69) is 86.7 Å². The lowest BCUT2D eigenvalue weighted by Gasteiger charge is -2.11. The Balaban J connectivity index is 1.43. The van der Waals surface area contributed by atoms with Crippen LogP contribution in [0.1, 0.15) is 18.1 Å². The Morgan fingerprint density at radius 3 is 2.29 bits per heavy atom. The third kappa shape index (κ3) is 4.49. The van der Waals surface area contributed by atoms with Crippen LogP contribution in [0.15, 0.2) is 140 Å². The molecule has 7 aromatic heterocycles. The summed E-state index contributed by atoms with van der Waals surface area (Å²) in [5.74, 6) is 0.846. The van der Waals surface area contributed by atoms with Gasteiger partial charge in [-0.2, -0.15) is 0 Å². The first-order chi connectivity index (χ1) is 22.3. The maximum absolute atomic E-state index is 5.13. The number of rotatable bonds is 6. The highest BCUT2D eigenvalue weighted by molar-refractivity contribution is 6.24. The first kappa shape index (κ1) is 26.4. The Labute approximate surface area is 259 Å². The highest BCUT2D eigenvalue weighted by Crippen LogP contribution is 2.40. The number of para-hydroxylation sites is 1. The van der Waals surface area contributed by atoms with Gasteiger partial charge in [0.05, 0.1) is 21.9 Å². The van der Waals surface area contributed by atoms with E-state index in [1.54, 1.807) is 12.4 Å². The van der Waals surface area contributed by atoms with Crippen molar-refractivity contribution >= 4 is 61.2 Å². The molecule has 0 N–H and O–H groups in total. The molecule has 45 heavy (non-hydrogen) atoms. The zero-order valence-electron chi connectivity index (χ0n) is 24.5. The minimum atomic E-state index is 0.822. The Kier molecular flexibility index (Phi) is 6.53. The molecule has 214 valence electrons. The van der Waals surface area contributed by atoms with E-state index >= 15 is 0 Å². The summed E-state index contributed by atoms with van der Waals surface area (Å²) in [4.78, 5) is 23.5. The summed E-state index contributed by atoms with van der Waals surface area (Å²) in [7, 11) is 0. The fraction of sp³-hybridized carbons (Fsp3) is 0.0263. The molecule has 0 aliphatic rings. The van der Waals surface area contributed by atoms with Gasteiger partial charge in [-0.1, -0.05) is 54.6 Å². The van der Waals surface area contributed by atoms with Crippen LogP contribution in [0, 0.1) is 0 Å². The third-order valence-electron chi connectivity index (χ3n) is 8.04. The molecule has 0 unspecified atom stereocenters. The monoisotopic (exact) mass is 581 g/mol. The lowest BCUT2D eigenvalue weighted by atomic mass is 10.0. The van der Waals surface area contributed by atoms with Crippen LogP contribution in [-0.2, 0) is 0 Å². The maximum atomic E-state index is 5.13. The van der Waals surface area contributed by atoms with Crippen LogP contribution in [0.2, 0.25) is 0 Å². The zero-order chi connectivity index (χ0) is 30.2. The molecule has 1 aromatic carbocycles. The van der Waals surface area contributed by atoms with Gasteiger partial charge in [-0.25, -0.2) is 9.97 Å². The first-order valence-electron chi connectivity index (χ1n) is 14.8. The Morgan fingerprint density at radius 2 is 1.49 bits per heavy atom. The van der Waals surface area contributed by atoms with Crippen molar-refractivity contribution in [1.82, 2.24) is 34.1 Å². The summed E-state index contributed by atoms with van der Waals surface area (Å²) < 4.78 is 4.43. The van der Waals surface area contributed by atoms with Gasteiger partial charge in [0.1, 0.15) is 17.0 Å². The molecule has 0 bridgehead atoms. The molecule has 7 heterocycles. The third-order valence-corrected chi connectivity index (χ3v) is 8.04. The largest absolute Gasteiger partial charge is 0.293 e. The van der Waals surface area contributed by atoms with Gasteiger partial charge in [-0.05, 0) is 66.6 Å². The van der Waals surface area contributed by atoms with Gasteiger partial charge >= 0.3 is 0 Å². The Morgan fingerprint density at radius 1 is 0.689 bits per heavy atom. The lowest BCUT2D eigenvalue weighted by Crippen LogP contribution is -1.99. The molecule has 0 saturated heterocycles. The fourth-order valence-corrected chi connectivity index (χ4v) is 6.05. The number of nitrogens with zero attached hydrogens (tertiary/aromatic N) is 7. The Bertz CT molecular complexity index is 2420. The zero-order valence-corrected chi connectivity index (χ0v) is 24.5. The molecule has 8 rings (SSSR count). The van der Waals surface area contributed by atoms with Crippen LogP contribution < -0.4 is 0 Å². The van der Waals surface area contributed by atoms with Gasteiger partial charge in [-0.15, -0.1) is 0 Å². The molecule has 0 amide bonds. The van der Waals surface area contributed by atoms with E-state index < -0.39 is 0 Å². The second kappa shape index (κ2) is 11.1. The van der Waals surface area contributed by atoms with E-state index in [0.29, 0.717) is 0 Å². The summed E-state index contributed by atoms with van der Waals surface area (Å²) in [5.41, 5.74) is 8.76. The molecule has 0 radical (unpaired) electrons. The predicted octanol–water partition coefficient (Wildman–Crippen LogP) is 8.52. The summed E-state index contributed by atoms with van der Waals surface area (Å²) in [5, 5.41) is 3.16. The van der Waals surface area contributed by atoms with Crippen molar-refractivity contribution in [2.75, 3.05) is 0 Å². The SMILES string of the molecule is C\C=C(/C=C(\C=C\c1cccnc1)c1cccnc1)n1c2cccnc2c2c1ncc1c3ccccc3n(-c3ccccn3)c12. The van der Waals surface area contributed by atoms with Crippen molar-refractivity contribution in [3.8, 4) is 5.82 Å². The van der Waals surface area contributed by atoms with Crippen molar-refractivity contribution in [2.45, 2.75) is 6.92 Å².